The molecule has 1 aromatic rings. The second kappa shape index (κ2) is 7.24. The molecule has 1 saturated heterocycles. The predicted molar refractivity (Wildman–Crippen MR) is 81.1 cm³/mol. The van der Waals surface area contributed by atoms with Crippen molar-refractivity contribution in [1.29, 1.82) is 0 Å². The zero-order chi connectivity index (χ0) is 16.1. The largest absolute Gasteiger partial charge is 0.466 e. The lowest BCUT2D eigenvalue weighted by Gasteiger charge is -2.31. The summed E-state index contributed by atoms with van der Waals surface area (Å²) in [4.78, 5) is 25.6. The Labute approximate surface area is 129 Å². The molecule has 22 heavy (non-hydrogen) atoms. The number of rotatable bonds is 3. The molecule has 1 heterocycles. The molecule has 0 unspecified atom stereocenters. The van der Waals surface area contributed by atoms with E-state index in [0.717, 1.165) is 12.8 Å². The molecule has 0 aromatic heterocycles. The van der Waals surface area contributed by atoms with Gasteiger partial charge in [0.1, 0.15) is 5.82 Å². The Bertz CT molecular complexity index is 562. The van der Waals surface area contributed by atoms with Crippen LogP contribution < -0.4 is 5.32 Å². The number of likely N-dealkylation sites (tertiary alicyclic amines) is 1. The van der Waals surface area contributed by atoms with Gasteiger partial charge in [-0.15, -0.1) is 0 Å². The summed E-state index contributed by atoms with van der Waals surface area (Å²) in [6, 6.07) is 4.24. The quantitative estimate of drug-likeness (QED) is 0.873. The smallest absolute Gasteiger partial charge is 0.321 e. The maximum absolute atomic E-state index is 13.5. The monoisotopic (exact) mass is 308 g/mol. The lowest BCUT2D eigenvalue weighted by atomic mass is 9.98. The first-order valence-electron chi connectivity index (χ1n) is 7.50. The van der Waals surface area contributed by atoms with Crippen LogP contribution in [0.5, 0.6) is 0 Å². The van der Waals surface area contributed by atoms with E-state index >= 15 is 0 Å². The second-order valence-electron chi connectivity index (χ2n) is 5.43. The van der Waals surface area contributed by atoms with E-state index in [4.69, 9.17) is 4.74 Å². The molecule has 2 amide bonds. The molecule has 0 saturated carbocycles. The van der Waals surface area contributed by atoms with E-state index in [1.165, 1.54) is 6.07 Å². The number of carbonyl (C=O) groups excluding carboxylic acids is 2. The van der Waals surface area contributed by atoms with E-state index in [2.05, 4.69) is 5.32 Å². The van der Waals surface area contributed by atoms with E-state index in [9.17, 15) is 14.0 Å². The number of amides is 2. The van der Waals surface area contributed by atoms with Crippen molar-refractivity contribution in [3.8, 4) is 0 Å². The molecule has 1 atom stereocenters. The molecule has 0 radical (unpaired) electrons. The number of hydrogen-bond acceptors (Lipinski definition) is 3. The molecule has 1 aliphatic rings. The van der Waals surface area contributed by atoms with Gasteiger partial charge in [-0.1, -0.05) is 6.07 Å². The van der Waals surface area contributed by atoms with Gasteiger partial charge in [-0.3, -0.25) is 4.79 Å². The number of aryl methyl sites for hydroxylation is 1. The maximum Gasteiger partial charge on any atom is 0.321 e. The van der Waals surface area contributed by atoms with Gasteiger partial charge in [-0.2, -0.15) is 0 Å². The lowest BCUT2D eigenvalue weighted by Crippen LogP contribution is -2.44. The third-order valence-electron chi connectivity index (χ3n) is 3.75. The zero-order valence-corrected chi connectivity index (χ0v) is 12.9. The SMILES string of the molecule is CCOC(=O)[C@@H]1CCCN(C(=O)Nc2ccc(C)c(F)c2)C1. The first kappa shape index (κ1) is 16.3. The highest BCUT2D eigenvalue weighted by atomic mass is 19.1. The third kappa shape index (κ3) is 3.96. The number of hydrogen-bond donors (Lipinski definition) is 1. The first-order chi connectivity index (χ1) is 10.5. The molecule has 0 bridgehead atoms. The van der Waals surface area contributed by atoms with Gasteiger partial charge in [-0.25, -0.2) is 9.18 Å². The number of halogens is 1. The van der Waals surface area contributed by atoms with Gasteiger partial charge in [0.15, 0.2) is 0 Å². The molecule has 1 N–H and O–H groups in total. The Kier molecular flexibility index (Phi) is 5.35. The summed E-state index contributed by atoms with van der Waals surface area (Å²) in [6.45, 7) is 4.67. The molecular formula is C16H21FN2O3. The maximum atomic E-state index is 13.5. The van der Waals surface area contributed by atoms with Crippen LogP contribution in [-0.2, 0) is 9.53 Å². The first-order valence-corrected chi connectivity index (χ1v) is 7.50. The van der Waals surface area contributed by atoms with Crippen molar-refractivity contribution in [1.82, 2.24) is 4.90 Å². The Balaban J connectivity index is 1.96. The summed E-state index contributed by atoms with van der Waals surface area (Å²) < 4.78 is 18.5. The zero-order valence-electron chi connectivity index (χ0n) is 12.9. The average molecular weight is 308 g/mol. The summed E-state index contributed by atoms with van der Waals surface area (Å²) in [7, 11) is 0. The van der Waals surface area contributed by atoms with Gasteiger partial charge in [0.05, 0.1) is 12.5 Å². The minimum absolute atomic E-state index is 0.263. The molecule has 1 aliphatic heterocycles. The number of carbonyl (C=O) groups is 2. The highest BCUT2D eigenvalue weighted by Gasteiger charge is 2.29. The standard InChI is InChI=1S/C16H21FN2O3/c1-3-22-15(20)12-5-4-8-19(10-12)16(21)18-13-7-6-11(2)14(17)9-13/h6-7,9,12H,3-5,8,10H2,1-2H3,(H,18,21)/t12-/m1/s1. The van der Waals surface area contributed by atoms with Crippen molar-refractivity contribution in [3.63, 3.8) is 0 Å². The minimum atomic E-state index is -0.360. The summed E-state index contributed by atoms with van der Waals surface area (Å²) in [5, 5.41) is 2.67. The molecular weight excluding hydrogens is 287 g/mol. The average Bonchev–Trinajstić information content (AvgIpc) is 2.51. The molecule has 120 valence electrons. The Hall–Kier alpha value is -2.11. The molecule has 5 nitrogen and oxygen atoms in total. The molecule has 0 spiro atoms. The Morgan fingerprint density at radius 2 is 2.23 bits per heavy atom. The number of nitrogens with one attached hydrogen (secondary N) is 1. The van der Waals surface area contributed by atoms with Crippen molar-refractivity contribution in [2.24, 2.45) is 5.92 Å². The lowest BCUT2D eigenvalue weighted by molar-refractivity contribution is -0.149. The van der Waals surface area contributed by atoms with Crippen LogP contribution in [0.3, 0.4) is 0 Å². The number of esters is 1. The molecule has 0 aliphatic carbocycles. The summed E-state index contributed by atoms with van der Waals surface area (Å²) in [5.74, 6) is -0.906. The Morgan fingerprint density at radius 1 is 1.45 bits per heavy atom. The number of ether oxygens (including phenoxy) is 1. The van der Waals surface area contributed by atoms with Gasteiger partial charge < -0.3 is 15.0 Å². The number of urea groups is 1. The van der Waals surface area contributed by atoms with E-state index in [-0.39, 0.29) is 23.7 Å². The normalized spacial score (nSPS) is 18.0. The number of nitrogens with zero attached hydrogens (tertiary/aromatic N) is 1. The fourth-order valence-corrected chi connectivity index (χ4v) is 2.49. The highest BCUT2D eigenvalue weighted by molar-refractivity contribution is 5.89. The van der Waals surface area contributed by atoms with E-state index in [1.807, 2.05) is 0 Å². The number of benzene rings is 1. The van der Waals surface area contributed by atoms with E-state index in [0.29, 0.717) is 30.9 Å². The molecule has 1 fully saturated rings. The van der Waals surface area contributed by atoms with Gasteiger partial charge in [0, 0.05) is 18.8 Å². The van der Waals surface area contributed by atoms with Crippen LogP contribution in [0.15, 0.2) is 18.2 Å². The van der Waals surface area contributed by atoms with E-state index < -0.39 is 0 Å². The van der Waals surface area contributed by atoms with Gasteiger partial charge >= 0.3 is 12.0 Å². The van der Waals surface area contributed by atoms with Crippen LogP contribution >= 0.6 is 0 Å². The molecule has 6 heteroatoms. The van der Waals surface area contributed by atoms with Crippen molar-refractivity contribution < 1.29 is 18.7 Å². The van der Waals surface area contributed by atoms with Crippen molar-refractivity contribution in [3.05, 3.63) is 29.6 Å². The van der Waals surface area contributed by atoms with E-state index in [1.54, 1.807) is 30.9 Å². The summed E-state index contributed by atoms with van der Waals surface area (Å²) in [5.41, 5.74) is 0.935. The van der Waals surface area contributed by atoms with Gasteiger partial charge in [0.2, 0.25) is 0 Å². The van der Waals surface area contributed by atoms with Crippen LogP contribution in [0.4, 0.5) is 14.9 Å². The number of anilines is 1. The second-order valence-corrected chi connectivity index (χ2v) is 5.43. The van der Waals surface area contributed by atoms with Crippen LogP contribution in [0.2, 0.25) is 0 Å². The fourth-order valence-electron chi connectivity index (χ4n) is 2.49. The fraction of sp³-hybridized carbons (Fsp3) is 0.500. The van der Waals surface area contributed by atoms with Crippen molar-refractivity contribution >= 4 is 17.7 Å². The summed E-state index contributed by atoms with van der Waals surface area (Å²) >= 11 is 0. The predicted octanol–water partition coefficient (Wildman–Crippen LogP) is 2.94. The molecule has 2 rings (SSSR count). The van der Waals surface area contributed by atoms with Crippen LogP contribution in [0, 0.1) is 18.7 Å². The Morgan fingerprint density at radius 3 is 2.91 bits per heavy atom. The third-order valence-corrected chi connectivity index (χ3v) is 3.75. The van der Waals surface area contributed by atoms with Crippen LogP contribution in [-0.4, -0.2) is 36.6 Å². The highest BCUT2D eigenvalue weighted by Crippen LogP contribution is 2.20. The van der Waals surface area contributed by atoms with Gasteiger partial charge in [-0.05, 0) is 44.4 Å². The van der Waals surface area contributed by atoms with Crippen molar-refractivity contribution in [2.45, 2.75) is 26.7 Å². The van der Waals surface area contributed by atoms with Gasteiger partial charge in [0.25, 0.3) is 0 Å². The minimum Gasteiger partial charge on any atom is -0.466 e. The van der Waals surface area contributed by atoms with Crippen LogP contribution in [0.25, 0.3) is 0 Å². The topological polar surface area (TPSA) is 58.6 Å². The molecule has 1 aromatic carbocycles. The summed E-state index contributed by atoms with van der Waals surface area (Å²) in [6.07, 6.45) is 1.47. The number of piperidine rings is 1. The van der Waals surface area contributed by atoms with Crippen molar-refractivity contribution in [2.75, 3.05) is 25.0 Å². The van der Waals surface area contributed by atoms with Crippen LogP contribution in [0.1, 0.15) is 25.3 Å².